The van der Waals surface area contributed by atoms with Crippen LogP contribution in [0.3, 0.4) is 0 Å². The Balaban J connectivity index is 1.71. The van der Waals surface area contributed by atoms with Gasteiger partial charge in [0.1, 0.15) is 6.61 Å². The van der Waals surface area contributed by atoms with Gasteiger partial charge in [0.2, 0.25) is 0 Å². The third-order valence-corrected chi connectivity index (χ3v) is 4.57. The highest BCUT2D eigenvalue weighted by atomic mass is 16.6. The molecule has 0 amide bonds. The Hall–Kier alpha value is -2.81. The van der Waals surface area contributed by atoms with Gasteiger partial charge in [-0.3, -0.25) is 0 Å². The normalized spacial score (nSPS) is 14.1. The molecule has 0 radical (unpaired) electrons. The van der Waals surface area contributed by atoms with E-state index in [0.29, 0.717) is 6.61 Å². The SMILES string of the molecule is C/C(=N\OCC1=CCCC=C1)c1ccc(C)c(Nc2ccccc2C)c1. The number of anilines is 2. The fraction of sp³-hybridized carbons (Fsp3) is 0.261. The number of para-hydroxylation sites is 1. The van der Waals surface area contributed by atoms with E-state index in [4.69, 9.17) is 4.84 Å². The smallest absolute Gasteiger partial charge is 0.142 e. The molecule has 1 N–H and O–H groups in total. The van der Waals surface area contributed by atoms with Crippen molar-refractivity contribution in [2.24, 2.45) is 5.16 Å². The van der Waals surface area contributed by atoms with Gasteiger partial charge in [-0.2, -0.15) is 0 Å². The van der Waals surface area contributed by atoms with Gasteiger partial charge in [-0.05, 0) is 62.4 Å². The molecule has 0 unspecified atom stereocenters. The van der Waals surface area contributed by atoms with E-state index in [1.165, 1.54) is 16.7 Å². The van der Waals surface area contributed by atoms with Crippen molar-refractivity contribution in [3.63, 3.8) is 0 Å². The Labute approximate surface area is 156 Å². The second-order valence-corrected chi connectivity index (χ2v) is 6.68. The van der Waals surface area contributed by atoms with Gasteiger partial charge in [-0.1, -0.05) is 53.7 Å². The van der Waals surface area contributed by atoms with E-state index in [1.807, 2.05) is 13.0 Å². The molecule has 0 heterocycles. The molecule has 0 fully saturated rings. The maximum absolute atomic E-state index is 5.54. The van der Waals surface area contributed by atoms with Crippen LogP contribution in [0.15, 0.2) is 71.4 Å². The summed E-state index contributed by atoms with van der Waals surface area (Å²) >= 11 is 0. The van der Waals surface area contributed by atoms with Crippen LogP contribution in [-0.2, 0) is 4.84 Å². The number of nitrogens with one attached hydrogen (secondary N) is 1. The summed E-state index contributed by atoms with van der Waals surface area (Å²) in [5.41, 5.74) is 7.75. The molecule has 3 nitrogen and oxygen atoms in total. The molecule has 0 saturated heterocycles. The summed E-state index contributed by atoms with van der Waals surface area (Å²) in [7, 11) is 0. The molecule has 0 aliphatic heterocycles. The lowest BCUT2D eigenvalue weighted by Crippen LogP contribution is -2.02. The maximum atomic E-state index is 5.54. The molecule has 1 aliphatic rings. The number of aryl methyl sites for hydroxylation is 2. The fourth-order valence-electron chi connectivity index (χ4n) is 2.87. The number of hydrogen-bond donors (Lipinski definition) is 1. The van der Waals surface area contributed by atoms with E-state index in [2.05, 4.69) is 78.9 Å². The number of oxime groups is 1. The molecule has 0 spiro atoms. The fourth-order valence-corrected chi connectivity index (χ4v) is 2.87. The average Bonchev–Trinajstić information content (AvgIpc) is 2.66. The summed E-state index contributed by atoms with van der Waals surface area (Å²) < 4.78 is 0. The highest BCUT2D eigenvalue weighted by Crippen LogP contribution is 2.24. The van der Waals surface area contributed by atoms with E-state index in [9.17, 15) is 0 Å². The zero-order valence-electron chi connectivity index (χ0n) is 15.8. The molecule has 3 heteroatoms. The Bertz CT molecular complexity index is 862. The quantitative estimate of drug-likeness (QED) is 0.509. The predicted molar refractivity (Wildman–Crippen MR) is 110 cm³/mol. The van der Waals surface area contributed by atoms with Crippen molar-refractivity contribution in [1.29, 1.82) is 0 Å². The molecule has 26 heavy (non-hydrogen) atoms. The van der Waals surface area contributed by atoms with Crippen molar-refractivity contribution in [3.8, 4) is 0 Å². The Morgan fingerprint density at radius 1 is 1.04 bits per heavy atom. The van der Waals surface area contributed by atoms with E-state index >= 15 is 0 Å². The zero-order valence-corrected chi connectivity index (χ0v) is 15.8. The van der Waals surface area contributed by atoms with Crippen LogP contribution in [0.25, 0.3) is 0 Å². The molecule has 0 bridgehead atoms. The van der Waals surface area contributed by atoms with E-state index in [-0.39, 0.29) is 0 Å². The third-order valence-electron chi connectivity index (χ3n) is 4.57. The largest absolute Gasteiger partial charge is 0.391 e. The van der Waals surface area contributed by atoms with E-state index in [1.54, 1.807) is 0 Å². The summed E-state index contributed by atoms with van der Waals surface area (Å²) in [6, 6.07) is 14.6. The van der Waals surface area contributed by atoms with Gasteiger partial charge >= 0.3 is 0 Å². The number of nitrogens with zero attached hydrogens (tertiary/aromatic N) is 1. The lowest BCUT2D eigenvalue weighted by atomic mass is 10.1. The monoisotopic (exact) mass is 346 g/mol. The van der Waals surface area contributed by atoms with Crippen LogP contribution in [0.2, 0.25) is 0 Å². The summed E-state index contributed by atoms with van der Waals surface area (Å²) in [5, 5.41) is 7.83. The first-order valence-electron chi connectivity index (χ1n) is 9.09. The molecule has 134 valence electrons. The van der Waals surface area contributed by atoms with Crippen molar-refractivity contribution in [3.05, 3.63) is 83.0 Å². The van der Waals surface area contributed by atoms with Crippen molar-refractivity contribution in [2.75, 3.05) is 11.9 Å². The van der Waals surface area contributed by atoms with Gasteiger partial charge < -0.3 is 10.2 Å². The zero-order chi connectivity index (χ0) is 18.4. The molecule has 0 saturated carbocycles. The first-order valence-corrected chi connectivity index (χ1v) is 9.09. The number of rotatable bonds is 6. The van der Waals surface area contributed by atoms with Gasteiger partial charge in [-0.25, -0.2) is 0 Å². The third kappa shape index (κ3) is 4.63. The van der Waals surface area contributed by atoms with Crippen molar-refractivity contribution in [1.82, 2.24) is 0 Å². The molecule has 2 aromatic carbocycles. The van der Waals surface area contributed by atoms with Gasteiger partial charge in [0.25, 0.3) is 0 Å². The Morgan fingerprint density at radius 2 is 1.85 bits per heavy atom. The Morgan fingerprint density at radius 3 is 2.62 bits per heavy atom. The van der Waals surface area contributed by atoms with Crippen LogP contribution in [0.4, 0.5) is 11.4 Å². The standard InChI is InChI=1S/C23H26N2O/c1-17-9-7-8-12-22(17)24-23-15-21(14-13-18(23)2)19(3)25-26-16-20-10-5-4-6-11-20/h5,7-15,24H,4,6,16H2,1-3H3/b25-19+. The van der Waals surface area contributed by atoms with Crippen LogP contribution in [0.5, 0.6) is 0 Å². The molecule has 3 rings (SSSR count). The second kappa shape index (κ2) is 8.52. The van der Waals surface area contributed by atoms with Crippen LogP contribution in [0.1, 0.15) is 36.5 Å². The highest BCUT2D eigenvalue weighted by Gasteiger charge is 2.06. The lowest BCUT2D eigenvalue weighted by molar-refractivity contribution is 0.169. The summed E-state index contributed by atoms with van der Waals surface area (Å²) in [4.78, 5) is 5.54. The summed E-state index contributed by atoms with van der Waals surface area (Å²) in [5.74, 6) is 0. The molecule has 0 atom stereocenters. The maximum Gasteiger partial charge on any atom is 0.142 e. The minimum atomic E-state index is 0.522. The van der Waals surface area contributed by atoms with E-state index in [0.717, 1.165) is 35.5 Å². The molecule has 2 aromatic rings. The first-order chi connectivity index (χ1) is 12.6. The molecular weight excluding hydrogens is 320 g/mol. The average molecular weight is 346 g/mol. The van der Waals surface area contributed by atoms with Crippen molar-refractivity contribution >= 4 is 17.1 Å². The van der Waals surface area contributed by atoms with Crippen LogP contribution >= 0.6 is 0 Å². The number of allylic oxidation sites excluding steroid dienone is 2. The minimum Gasteiger partial charge on any atom is -0.391 e. The Kier molecular flexibility index (Phi) is 5.90. The second-order valence-electron chi connectivity index (χ2n) is 6.68. The predicted octanol–water partition coefficient (Wildman–Crippen LogP) is 6.06. The highest BCUT2D eigenvalue weighted by molar-refractivity contribution is 5.99. The van der Waals surface area contributed by atoms with Gasteiger partial charge in [0, 0.05) is 16.9 Å². The molecule has 0 aromatic heterocycles. The number of hydrogen-bond acceptors (Lipinski definition) is 3. The first kappa shape index (κ1) is 18.0. The van der Waals surface area contributed by atoms with Crippen LogP contribution in [-0.4, -0.2) is 12.3 Å². The van der Waals surface area contributed by atoms with Gasteiger partial charge in [0.05, 0.1) is 5.71 Å². The van der Waals surface area contributed by atoms with E-state index < -0.39 is 0 Å². The summed E-state index contributed by atoms with van der Waals surface area (Å²) in [6.07, 6.45) is 8.71. The van der Waals surface area contributed by atoms with Gasteiger partial charge in [0.15, 0.2) is 0 Å². The topological polar surface area (TPSA) is 33.6 Å². The van der Waals surface area contributed by atoms with Gasteiger partial charge in [-0.15, -0.1) is 0 Å². The minimum absolute atomic E-state index is 0.522. The van der Waals surface area contributed by atoms with Crippen molar-refractivity contribution < 1.29 is 4.84 Å². The number of benzene rings is 2. The van der Waals surface area contributed by atoms with Crippen LogP contribution in [0, 0.1) is 13.8 Å². The lowest BCUT2D eigenvalue weighted by Gasteiger charge is -2.13. The van der Waals surface area contributed by atoms with Crippen molar-refractivity contribution in [2.45, 2.75) is 33.6 Å². The summed E-state index contributed by atoms with van der Waals surface area (Å²) in [6.45, 7) is 6.72. The molecular formula is C23H26N2O. The van der Waals surface area contributed by atoms with Crippen LogP contribution < -0.4 is 5.32 Å². The molecule has 1 aliphatic carbocycles.